The number of piperidine rings is 1. The first-order valence-electron chi connectivity index (χ1n) is 10.1. The van der Waals surface area contributed by atoms with E-state index in [1.54, 1.807) is 0 Å². The Morgan fingerprint density at radius 1 is 1.17 bits per heavy atom. The molecule has 2 fully saturated rings. The topological polar surface area (TPSA) is 28.6 Å². The second-order valence-corrected chi connectivity index (χ2v) is 9.13. The van der Waals surface area contributed by atoms with Crippen molar-refractivity contribution in [3.8, 4) is 0 Å². The Morgan fingerprint density at radius 2 is 1.90 bits per heavy atom. The van der Waals surface area contributed by atoms with Crippen LogP contribution in [0.15, 0.2) is 47.2 Å². The fraction of sp³-hybridized carbons (Fsp3) is 0.500. The van der Waals surface area contributed by atoms with Crippen LogP contribution in [0.1, 0.15) is 25.3 Å². The molecule has 1 aromatic carbocycles. The molecule has 4 nitrogen and oxygen atoms in total. The molecule has 7 heteroatoms. The second-order valence-electron chi connectivity index (χ2n) is 7.88. The lowest BCUT2D eigenvalue weighted by molar-refractivity contribution is -0.0744. The molecule has 158 valence electrons. The van der Waals surface area contributed by atoms with Gasteiger partial charge in [0.15, 0.2) is 0 Å². The van der Waals surface area contributed by atoms with Crippen molar-refractivity contribution in [1.82, 2.24) is 9.88 Å². The average molecular weight is 501 g/mol. The first-order chi connectivity index (χ1) is 13.6. The van der Waals surface area contributed by atoms with Crippen LogP contribution in [0.5, 0.6) is 0 Å². The molecule has 1 aromatic heterocycles. The van der Waals surface area contributed by atoms with Gasteiger partial charge in [-0.2, -0.15) is 0 Å². The van der Waals surface area contributed by atoms with Crippen molar-refractivity contribution < 1.29 is 4.74 Å². The van der Waals surface area contributed by atoms with Crippen molar-refractivity contribution in [2.45, 2.75) is 44.4 Å². The van der Waals surface area contributed by atoms with Gasteiger partial charge in [-0.25, -0.2) is 4.98 Å². The zero-order valence-electron chi connectivity index (χ0n) is 16.6. The van der Waals surface area contributed by atoms with E-state index in [1.807, 2.05) is 18.3 Å². The summed E-state index contributed by atoms with van der Waals surface area (Å²) in [6.45, 7) is 6.18. The molecule has 29 heavy (non-hydrogen) atoms. The summed E-state index contributed by atoms with van der Waals surface area (Å²) in [5, 5.41) is 0.796. The number of hydrogen-bond acceptors (Lipinski definition) is 4. The van der Waals surface area contributed by atoms with E-state index in [-0.39, 0.29) is 12.4 Å². The van der Waals surface area contributed by atoms with Crippen molar-refractivity contribution >= 4 is 45.6 Å². The van der Waals surface area contributed by atoms with Gasteiger partial charge >= 0.3 is 0 Å². The van der Waals surface area contributed by atoms with Crippen molar-refractivity contribution in [2.24, 2.45) is 0 Å². The Bertz CT molecular complexity index is 784. The van der Waals surface area contributed by atoms with Crippen LogP contribution < -0.4 is 4.90 Å². The number of aromatic nitrogens is 1. The van der Waals surface area contributed by atoms with Crippen molar-refractivity contribution in [3.63, 3.8) is 0 Å². The number of benzene rings is 1. The van der Waals surface area contributed by atoms with Crippen molar-refractivity contribution in [2.75, 3.05) is 31.1 Å². The average Bonchev–Trinajstić information content (AvgIpc) is 2.71. The van der Waals surface area contributed by atoms with Gasteiger partial charge in [-0.05, 0) is 71.9 Å². The third kappa shape index (κ3) is 5.86. The maximum Gasteiger partial charge on any atom is 0.108 e. The Kier molecular flexibility index (Phi) is 8.23. The maximum absolute atomic E-state index is 6.05. The highest BCUT2D eigenvalue weighted by Crippen LogP contribution is 2.28. The minimum absolute atomic E-state index is 0. The van der Waals surface area contributed by atoms with Crippen LogP contribution in [-0.2, 0) is 11.2 Å². The number of anilines is 1. The number of pyridine rings is 1. The van der Waals surface area contributed by atoms with Gasteiger partial charge in [-0.1, -0.05) is 23.7 Å². The van der Waals surface area contributed by atoms with Gasteiger partial charge in [0, 0.05) is 48.6 Å². The number of ether oxygens (including phenoxy) is 1. The normalized spacial score (nSPS) is 23.6. The number of nitrogens with zero attached hydrogens (tertiary/aromatic N) is 3. The van der Waals surface area contributed by atoms with Crippen LogP contribution in [0.3, 0.4) is 0 Å². The third-order valence-electron chi connectivity index (χ3n) is 5.90. The number of halogens is 3. The van der Waals surface area contributed by atoms with E-state index in [0.29, 0.717) is 18.2 Å². The SMILES string of the molecule is C[C@H]1CN(C2CCN(c3ccnc(Br)c3)CC2)[C@@H](Cc2ccc(Cl)cc2)CO1.Cl. The van der Waals surface area contributed by atoms with Crippen LogP contribution in [0.4, 0.5) is 5.69 Å². The van der Waals surface area contributed by atoms with Gasteiger partial charge in [0.25, 0.3) is 0 Å². The summed E-state index contributed by atoms with van der Waals surface area (Å²) >= 11 is 9.54. The highest BCUT2D eigenvalue weighted by atomic mass is 79.9. The van der Waals surface area contributed by atoms with Gasteiger partial charge < -0.3 is 9.64 Å². The monoisotopic (exact) mass is 499 g/mol. The van der Waals surface area contributed by atoms with Crippen molar-refractivity contribution in [1.29, 1.82) is 0 Å². The van der Waals surface area contributed by atoms with E-state index in [9.17, 15) is 0 Å². The van der Waals surface area contributed by atoms with Gasteiger partial charge in [0.2, 0.25) is 0 Å². The molecule has 0 radical (unpaired) electrons. The zero-order valence-corrected chi connectivity index (χ0v) is 19.8. The lowest BCUT2D eigenvalue weighted by atomic mass is 9.96. The standard InChI is InChI=1S/C22H27BrClN3O.ClH/c1-16-14-27(21(15-28-16)12-17-2-4-18(24)5-3-17)19-7-10-26(11-8-19)20-6-9-25-22(23)13-20;/h2-6,9,13,16,19,21H,7-8,10-12,14-15H2,1H3;1H/t16-,21-;/m0./s1. The highest BCUT2D eigenvalue weighted by molar-refractivity contribution is 9.10. The Balaban J connectivity index is 0.00000240. The summed E-state index contributed by atoms with van der Waals surface area (Å²) in [7, 11) is 0. The molecule has 0 aliphatic carbocycles. The Morgan fingerprint density at radius 3 is 2.59 bits per heavy atom. The third-order valence-corrected chi connectivity index (χ3v) is 6.59. The van der Waals surface area contributed by atoms with E-state index >= 15 is 0 Å². The van der Waals surface area contributed by atoms with Crippen LogP contribution >= 0.6 is 39.9 Å². The highest BCUT2D eigenvalue weighted by Gasteiger charge is 2.34. The molecule has 0 bridgehead atoms. The summed E-state index contributed by atoms with van der Waals surface area (Å²) in [4.78, 5) is 9.43. The summed E-state index contributed by atoms with van der Waals surface area (Å²) in [6, 6.07) is 13.5. The zero-order chi connectivity index (χ0) is 19.5. The van der Waals surface area contributed by atoms with E-state index < -0.39 is 0 Å². The first kappa shape index (κ1) is 22.8. The summed E-state index contributed by atoms with van der Waals surface area (Å²) in [5.41, 5.74) is 2.59. The van der Waals surface area contributed by atoms with Crippen LogP contribution in [0, 0.1) is 0 Å². The quantitative estimate of drug-likeness (QED) is 0.538. The number of morpholine rings is 1. The minimum Gasteiger partial charge on any atom is -0.376 e. The van der Waals surface area contributed by atoms with Crippen LogP contribution in [0.25, 0.3) is 0 Å². The Hall–Kier alpha value is -0.850. The molecule has 2 atom stereocenters. The lowest BCUT2D eigenvalue weighted by Gasteiger charge is -2.46. The summed E-state index contributed by atoms with van der Waals surface area (Å²) in [6.07, 6.45) is 5.56. The molecule has 2 aliphatic rings. The minimum atomic E-state index is 0. The molecular weight excluding hydrogens is 473 g/mol. The largest absolute Gasteiger partial charge is 0.376 e. The first-order valence-corrected chi connectivity index (χ1v) is 11.2. The van der Waals surface area contributed by atoms with Gasteiger partial charge in [0.05, 0.1) is 12.7 Å². The van der Waals surface area contributed by atoms with Gasteiger partial charge in [-0.3, -0.25) is 4.90 Å². The van der Waals surface area contributed by atoms with Crippen LogP contribution in [0.2, 0.25) is 5.02 Å². The predicted molar refractivity (Wildman–Crippen MR) is 125 cm³/mol. The maximum atomic E-state index is 6.05. The van der Waals surface area contributed by atoms with E-state index in [0.717, 1.165) is 42.3 Å². The van der Waals surface area contributed by atoms with E-state index in [1.165, 1.54) is 24.1 Å². The smallest absolute Gasteiger partial charge is 0.108 e. The number of rotatable bonds is 4. The molecule has 2 aromatic rings. The van der Waals surface area contributed by atoms with Gasteiger partial charge in [0.1, 0.15) is 4.60 Å². The molecule has 2 saturated heterocycles. The summed E-state index contributed by atoms with van der Waals surface area (Å²) < 4.78 is 6.92. The molecular formula is C22H28BrCl2N3O. The second kappa shape index (κ2) is 10.5. The predicted octanol–water partition coefficient (Wildman–Crippen LogP) is 5.22. The fourth-order valence-electron chi connectivity index (χ4n) is 4.43. The lowest BCUT2D eigenvalue weighted by Crippen LogP contribution is -2.56. The number of hydrogen-bond donors (Lipinski definition) is 0. The Labute approximate surface area is 193 Å². The molecule has 0 unspecified atom stereocenters. The van der Waals surface area contributed by atoms with Gasteiger partial charge in [-0.15, -0.1) is 12.4 Å². The molecule has 4 rings (SSSR count). The molecule has 0 N–H and O–H groups in total. The van der Waals surface area contributed by atoms with Crippen LogP contribution in [-0.4, -0.2) is 54.3 Å². The van der Waals surface area contributed by atoms with Crippen molar-refractivity contribution in [3.05, 3.63) is 57.8 Å². The van der Waals surface area contributed by atoms with E-state index in [2.05, 4.69) is 61.9 Å². The summed E-state index contributed by atoms with van der Waals surface area (Å²) in [5.74, 6) is 0. The molecule has 0 saturated carbocycles. The fourth-order valence-corrected chi connectivity index (χ4v) is 4.91. The molecule has 2 aliphatic heterocycles. The molecule has 0 amide bonds. The van der Waals surface area contributed by atoms with E-state index in [4.69, 9.17) is 16.3 Å². The molecule has 3 heterocycles. The molecule has 0 spiro atoms.